The lowest BCUT2D eigenvalue weighted by Gasteiger charge is -2.17. The van der Waals surface area contributed by atoms with Crippen LogP contribution in [-0.2, 0) is 11.2 Å². The molecular weight excluding hydrogens is 392 g/mol. The molecule has 0 radical (unpaired) electrons. The molecule has 0 spiro atoms. The Morgan fingerprint density at radius 3 is 3.04 bits per heavy atom. The molecule has 24 heavy (non-hydrogen) atoms. The second kappa shape index (κ2) is 7.99. The van der Waals surface area contributed by atoms with Crippen LogP contribution < -0.4 is 4.74 Å². The molecular formula is C18H18BrClN2O2. The van der Waals surface area contributed by atoms with Crippen LogP contribution >= 0.6 is 27.5 Å². The van der Waals surface area contributed by atoms with Crippen molar-refractivity contribution in [2.75, 3.05) is 13.1 Å². The molecule has 1 aliphatic heterocycles. The lowest BCUT2D eigenvalue weighted by Crippen LogP contribution is -2.31. The summed E-state index contributed by atoms with van der Waals surface area (Å²) in [5, 5.41) is 0.704. The Balaban J connectivity index is 1.50. The third-order valence-corrected chi connectivity index (χ3v) is 4.86. The van der Waals surface area contributed by atoms with Gasteiger partial charge in [-0.15, -0.1) is 0 Å². The molecule has 0 bridgehead atoms. The molecule has 1 atom stereocenters. The van der Waals surface area contributed by atoms with Crippen molar-refractivity contribution in [3.05, 3.63) is 57.7 Å². The average molecular weight is 410 g/mol. The van der Waals surface area contributed by atoms with Crippen LogP contribution in [0.2, 0.25) is 5.02 Å². The predicted molar refractivity (Wildman–Crippen MR) is 97.3 cm³/mol. The van der Waals surface area contributed by atoms with E-state index in [2.05, 4.69) is 20.9 Å². The second-order valence-corrected chi connectivity index (χ2v) is 7.08. The Morgan fingerprint density at radius 1 is 1.38 bits per heavy atom. The van der Waals surface area contributed by atoms with Crippen molar-refractivity contribution in [1.82, 2.24) is 9.88 Å². The maximum atomic E-state index is 12.4. The monoisotopic (exact) mass is 408 g/mol. The molecule has 126 valence electrons. The summed E-state index contributed by atoms with van der Waals surface area (Å²) in [7, 11) is 0. The van der Waals surface area contributed by atoms with Gasteiger partial charge in [0, 0.05) is 30.6 Å². The molecule has 0 unspecified atom stereocenters. The highest BCUT2D eigenvalue weighted by Gasteiger charge is 2.28. The van der Waals surface area contributed by atoms with Gasteiger partial charge in [-0.1, -0.05) is 23.7 Å². The van der Waals surface area contributed by atoms with Crippen molar-refractivity contribution in [2.24, 2.45) is 0 Å². The first-order chi connectivity index (χ1) is 11.6. The van der Waals surface area contributed by atoms with E-state index in [0.29, 0.717) is 30.3 Å². The number of halogens is 2. The molecule has 1 aromatic carbocycles. The number of nitrogens with zero attached hydrogens (tertiary/aromatic N) is 2. The molecule has 0 aliphatic carbocycles. The van der Waals surface area contributed by atoms with Gasteiger partial charge >= 0.3 is 0 Å². The molecule has 0 N–H and O–H groups in total. The van der Waals surface area contributed by atoms with Crippen molar-refractivity contribution >= 4 is 33.4 Å². The molecule has 1 aliphatic rings. The summed E-state index contributed by atoms with van der Waals surface area (Å²) < 4.78 is 6.73. The number of hydrogen-bond acceptors (Lipinski definition) is 3. The highest BCUT2D eigenvalue weighted by Crippen LogP contribution is 2.24. The third-order valence-electron chi connectivity index (χ3n) is 4.02. The number of ether oxygens (including phenoxy) is 1. The third kappa shape index (κ3) is 4.48. The van der Waals surface area contributed by atoms with Crippen LogP contribution in [0, 0.1) is 0 Å². The number of benzene rings is 1. The fraction of sp³-hybridized carbons (Fsp3) is 0.333. The molecule has 1 aromatic heterocycles. The van der Waals surface area contributed by atoms with Gasteiger partial charge in [-0.25, -0.2) is 4.98 Å². The smallest absolute Gasteiger partial charge is 0.228 e. The zero-order valence-electron chi connectivity index (χ0n) is 13.1. The molecule has 2 heterocycles. The summed E-state index contributed by atoms with van der Waals surface area (Å²) in [5.41, 5.74) is 1.08. The number of aryl methyl sites for hydroxylation is 1. The highest BCUT2D eigenvalue weighted by molar-refractivity contribution is 9.10. The molecule has 1 fully saturated rings. The van der Waals surface area contributed by atoms with Gasteiger partial charge in [0.05, 0.1) is 11.0 Å². The van der Waals surface area contributed by atoms with Gasteiger partial charge in [0.15, 0.2) is 0 Å². The molecule has 3 rings (SSSR count). The predicted octanol–water partition coefficient (Wildman–Crippen LogP) is 4.11. The normalized spacial score (nSPS) is 17.1. The SMILES string of the molecule is O=C(CCc1cccc(Cl)c1)N1CC[C@H](Oc2ncccc2Br)C1. The fourth-order valence-corrected chi connectivity index (χ4v) is 3.33. The van der Waals surface area contributed by atoms with Gasteiger partial charge in [-0.2, -0.15) is 0 Å². The number of hydrogen-bond donors (Lipinski definition) is 0. The fourth-order valence-electron chi connectivity index (χ4n) is 2.77. The maximum absolute atomic E-state index is 12.4. The largest absolute Gasteiger partial charge is 0.472 e. The number of amides is 1. The molecule has 1 amide bonds. The van der Waals surface area contributed by atoms with E-state index in [4.69, 9.17) is 16.3 Å². The van der Waals surface area contributed by atoms with Gasteiger partial charge in [0.1, 0.15) is 6.10 Å². The summed E-state index contributed by atoms with van der Waals surface area (Å²) >= 11 is 9.40. The van der Waals surface area contributed by atoms with E-state index >= 15 is 0 Å². The zero-order chi connectivity index (χ0) is 16.9. The topological polar surface area (TPSA) is 42.4 Å². The standard InChI is InChI=1S/C18H18BrClN2O2/c19-16-5-2-9-21-18(16)24-15-8-10-22(12-15)17(23)7-6-13-3-1-4-14(20)11-13/h1-5,9,11,15H,6-8,10,12H2/t15-/m0/s1. The van der Waals surface area contributed by atoms with Crippen molar-refractivity contribution < 1.29 is 9.53 Å². The molecule has 2 aromatic rings. The Labute approximate surface area is 154 Å². The van der Waals surface area contributed by atoms with Crippen molar-refractivity contribution in [2.45, 2.75) is 25.4 Å². The summed E-state index contributed by atoms with van der Waals surface area (Å²) in [5.74, 6) is 0.733. The van der Waals surface area contributed by atoms with E-state index in [9.17, 15) is 4.79 Å². The van der Waals surface area contributed by atoms with Gasteiger partial charge in [-0.05, 0) is 52.2 Å². The van der Waals surface area contributed by atoms with Crippen LogP contribution in [0.25, 0.3) is 0 Å². The zero-order valence-corrected chi connectivity index (χ0v) is 15.5. The van der Waals surface area contributed by atoms with E-state index in [0.717, 1.165) is 23.0 Å². The molecule has 6 heteroatoms. The van der Waals surface area contributed by atoms with E-state index in [1.54, 1.807) is 6.20 Å². The van der Waals surface area contributed by atoms with E-state index in [-0.39, 0.29) is 12.0 Å². The Bertz CT molecular complexity index is 726. The minimum Gasteiger partial charge on any atom is -0.472 e. The first-order valence-electron chi connectivity index (χ1n) is 7.91. The van der Waals surface area contributed by atoms with Gasteiger partial charge < -0.3 is 9.64 Å². The Hall–Kier alpha value is -1.59. The Kier molecular flexibility index (Phi) is 5.74. The van der Waals surface area contributed by atoms with Crippen molar-refractivity contribution in [1.29, 1.82) is 0 Å². The Morgan fingerprint density at radius 2 is 2.25 bits per heavy atom. The van der Waals surface area contributed by atoms with E-state index < -0.39 is 0 Å². The first kappa shape index (κ1) is 17.2. The molecule has 1 saturated heterocycles. The summed E-state index contributed by atoms with van der Waals surface area (Å²) in [4.78, 5) is 18.5. The average Bonchev–Trinajstić information content (AvgIpc) is 3.04. The lowest BCUT2D eigenvalue weighted by atomic mass is 10.1. The number of pyridine rings is 1. The minimum absolute atomic E-state index is 0.00804. The number of carbonyl (C=O) groups excluding carboxylic acids is 1. The first-order valence-corrected chi connectivity index (χ1v) is 9.08. The van der Waals surface area contributed by atoms with Crippen LogP contribution in [0.15, 0.2) is 47.1 Å². The van der Waals surface area contributed by atoms with Crippen LogP contribution in [-0.4, -0.2) is 35.0 Å². The quantitative estimate of drug-likeness (QED) is 0.746. The van der Waals surface area contributed by atoms with Gasteiger partial charge in [0.2, 0.25) is 11.8 Å². The van der Waals surface area contributed by atoms with E-state index in [1.807, 2.05) is 41.3 Å². The number of rotatable bonds is 5. The second-order valence-electron chi connectivity index (χ2n) is 5.79. The van der Waals surface area contributed by atoms with Crippen LogP contribution in [0.5, 0.6) is 5.88 Å². The number of carbonyl (C=O) groups is 1. The highest BCUT2D eigenvalue weighted by atomic mass is 79.9. The van der Waals surface area contributed by atoms with E-state index in [1.165, 1.54) is 0 Å². The molecule has 0 saturated carbocycles. The van der Waals surface area contributed by atoms with Crippen molar-refractivity contribution in [3.63, 3.8) is 0 Å². The van der Waals surface area contributed by atoms with Crippen LogP contribution in [0.3, 0.4) is 0 Å². The lowest BCUT2D eigenvalue weighted by molar-refractivity contribution is -0.130. The van der Waals surface area contributed by atoms with Crippen LogP contribution in [0.1, 0.15) is 18.4 Å². The van der Waals surface area contributed by atoms with Gasteiger partial charge in [-0.3, -0.25) is 4.79 Å². The van der Waals surface area contributed by atoms with Gasteiger partial charge in [0.25, 0.3) is 0 Å². The number of likely N-dealkylation sites (tertiary alicyclic amines) is 1. The summed E-state index contributed by atoms with van der Waals surface area (Å²) in [6, 6.07) is 11.4. The molecule has 4 nitrogen and oxygen atoms in total. The van der Waals surface area contributed by atoms with Crippen molar-refractivity contribution in [3.8, 4) is 5.88 Å². The maximum Gasteiger partial charge on any atom is 0.228 e. The number of aromatic nitrogens is 1. The summed E-state index contributed by atoms with van der Waals surface area (Å²) in [6.45, 7) is 1.33. The minimum atomic E-state index is -0.00804. The van der Waals surface area contributed by atoms with Crippen LogP contribution in [0.4, 0.5) is 0 Å². The summed E-state index contributed by atoms with van der Waals surface area (Å²) in [6.07, 6.45) is 3.70.